The summed E-state index contributed by atoms with van der Waals surface area (Å²) in [5.74, 6) is -0.818. The molecule has 0 aliphatic carbocycles. The van der Waals surface area contributed by atoms with Gasteiger partial charge in [0, 0.05) is 4.43 Å². The van der Waals surface area contributed by atoms with Crippen LogP contribution in [0.2, 0.25) is 0 Å². The molecule has 2 heterocycles. The van der Waals surface area contributed by atoms with Crippen LogP contribution in [0.25, 0.3) is 0 Å². The molecule has 8 heteroatoms. The van der Waals surface area contributed by atoms with E-state index in [1.54, 1.807) is 16.7 Å². The lowest BCUT2D eigenvalue weighted by atomic mass is 9.96. The molecule has 6 nitrogen and oxygen atoms in total. The summed E-state index contributed by atoms with van der Waals surface area (Å²) in [5, 5.41) is 2.59. The van der Waals surface area contributed by atoms with Gasteiger partial charge >= 0.3 is 5.97 Å². The summed E-state index contributed by atoms with van der Waals surface area (Å²) < 4.78 is 5.16. The van der Waals surface area contributed by atoms with Gasteiger partial charge in [-0.05, 0) is 12.5 Å². The molecule has 2 aliphatic heterocycles. The third kappa shape index (κ3) is 3.25. The molecule has 0 saturated carbocycles. The number of alkyl halides is 1. The smallest absolute Gasteiger partial charge is 0.330 e. The molecule has 2 saturated heterocycles. The van der Waals surface area contributed by atoms with E-state index in [2.05, 4.69) is 27.9 Å². The van der Waals surface area contributed by atoms with Crippen LogP contribution in [0.3, 0.4) is 0 Å². The van der Waals surface area contributed by atoms with Crippen molar-refractivity contribution in [2.75, 3.05) is 11.5 Å². The number of rotatable bonds is 5. The minimum absolute atomic E-state index is 0.192. The average molecular weight is 474 g/mol. The lowest BCUT2D eigenvalue weighted by molar-refractivity contribution is -0.162. The van der Waals surface area contributed by atoms with Crippen molar-refractivity contribution in [3.05, 3.63) is 35.9 Å². The molecule has 0 bridgehead atoms. The fraction of sp³-hybridized carbons (Fsp3) is 0.471. The summed E-state index contributed by atoms with van der Waals surface area (Å²) in [6.45, 7) is 1.96. The lowest BCUT2D eigenvalue weighted by Gasteiger charge is -2.43. The molecular weight excluding hydrogens is 455 g/mol. The zero-order valence-electron chi connectivity index (χ0n) is 13.9. The van der Waals surface area contributed by atoms with Gasteiger partial charge in [-0.25, -0.2) is 4.79 Å². The van der Waals surface area contributed by atoms with Crippen LogP contribution in [0.1, 0.15) is 12.5 Å². The van der Waals surface area contributed by atoms with E-state index >= 15 is 0 Å². The molecule has 2 fully saturated rings. The van der Waals surface area contributed by atoms with E-state index in [4.69, 9.17) is 4.74 Å². The van der Waals surface area contributed by atoms with Gasteiger partial charge in [0.15, 0.2) is 0 Å². The third-order valence-corrected chi connectivity index (χ3v) is 8.29. The van der Waals surface area contributed by atoms with E-state index in [9.17, 15) is 14.4 Å². The van der Waals surface area contributed by atoms with E-state index in [-0.39, 0.29) is 23.6 Å². The van der Waals surface area contributed by atoms with Gasteiger partial charge in [0.2, 0.25) is 11.8 Å². The number of halogens is 1. The van der Waals surface area contributed by atoms with E-state index in [1.165, 1.54) is 7.11 Å². The monoisotopic (exact) mass is 474 g/mol. The van der Waals surface area contributed by atoms with Gasteiger partial charge in [0.05, 0.1) is 18.3 Å². The van der Waals surface area contributed by atoms with Crippen molar-refractivity contribution in [1.82, 2.24) is 10.2 Å². The molecule has 2 amide bonds. The minimum Gasteiger partial charge on any atom is -0.467 e. The van der Waals surface area contributed by atoms with Crippen LogP contribution in [0, 0.1) is 0 Å². The fourth-order valence-corrected chi connectivity index (χ4v) is 5.81. The molecule has 25 heavy (non-hydrogen) atoms. The van der Waals surface area contributed by atoms with E-state index in [0.29, 0.717) is 4.43 Å². The highest BCUT2D eigenvalue weighted by Gasteiger charge is 2.65. The van der Waals surface area contributed by atoms with Crippen LogP contribution in [0.15, 0.2) is 30.3 Å². The van der Waals surface area contributed by atoms with Crippen molar-refractivity contribution >= 4 is 52.1 Å². The zero-order chi connectivity index (χ0) is 18.2. The van der Waals surface area contributed by atoms with Gasteiger partial charge < -0.3 is 15.0 Å². The van der Waals surface area contributed by atoms with Crippen molar-refractivity contribution in [3.8, 4) is 0 Å². The first-order valence-electron chi connectivity index (χ1n) is 7.88. The molecule has 3 rings (SSSR count). The largest absolute Gasteiger partial charge is 0.467 e. The van der Waals surface area contributed by atoms with Crippen molar-refractivity contribution in [2.45, 2.75) is 35.5 Å². The summed E-state index contributed by atoms with van der Waals surface area (Å²) in [6, 6.07) is 8.19. The quantitative estimate of drug-likeness (QED) is 0.302. The molecule has 0 radical (unpaired) electrons. The highest BCUT2D eigenvalue weighted by atomic mass is 127. The number of carbonyl (C=O) groups excluding carboxylic acids is 3. The maximum absolute atomic E-state index is 12.6. The topological polar surface area (TPSA) is 75.7 Å². The number of hydrogen-bond donors (Lipinski definition) is 1. The van der Waals surface area contributed by atoms with Crippen LogP contribution >= 0.6 is 34.4 Å². The normalized spacial score (nSPS) is 30.4. The Morgan fingerprint density at radius 3 is 2.64 bits per heavy atom. The number of methoxy groups -OCH3 is 1. The van der Waals surface area contributed by atoms with E-state index in [0.717, 1.165) is 5.56 Å². The van der Waals surface area contributed by atoms with Crippen LogP contribution < -0.4 is 5.32 Å². The predicted octanol–water partition coefficient (Wildman–Crippen LogP) is 1.36. The number of fused-ring (bicyclic) bond motifs is 1. The lowest BCUT2D eigenvalue weighted by Crippen LogP contribution is -2.71. The minimum atomic E-state index is -0.612. The van der Waals surface area contributed by atoms with Crippen LogP contribution in [0.5, 0.6) is 0 Å². The molecule has 134 valence electrons. The number of amides is 2. The molecule has 2 aliphatic rings. The van der Waals surface area contributed by atoms with Gasteiger partial charge in [-0.15, -0.1) is 11.8 Å². The molecule has 0 aromatic heterocycles. The van der Waals surface area contributed by atoms with Crippen molar-refractivity contribution in [2.24, 2.45) is 0 Å². The van der Waals surface area contributed by atoms with Crippen molar-refractivity contribution < 1.29 is 19.1 Å². The second-order valence-corrected chi connectivity index (χ2v) is 8.75. The summed E-state index contributed by atoms with van der Waals surface area (Å²) in [6.07, 6.45) is 0.228. The first-order valence-corrected chi connectivity index (χ1v) is 10.3. The number of esters is 1. The van der Waals surface area contributed by atoms with Gasteiger partial charge in [0.25, 0.3) is 0 Å². The second-order valence-electron chi connectivity index (χ2n) is 6.33. The number of nitrogens with zero attached hydrogens (tertiary/aromatic N) is 1. The molecule has 1 aromatic rings. The Hall–Kier alpha value is -1.29. The van der Waals surface area contributed by atoms with Gasteiger partial charge in [-0.1, -0.05) is 52.9 Å². The molecule has 4 atom stereocenters. The Labute approximate surface area is 164 Å². The fourth-order valence-electron chi connectivity index (χ4n) is 3.24. The first kappa shape index (κ1) is 18.5. The van der Waals surface area contributed by atoms with Gasteiger partial charge in [-0.3, -0.25) is 9.59 Å². The van der Waals surface area contributed by atoms with Crippen LogP contribution in [-0.2, 0) is 25.5 Å². The number of nitrogens with one attached hydrogen (secondary N) is 1. The molecule has 3 unspecified atom stereocenters. The highest BCUT2D eigenvalue weighted by molar-refractivity contribution is 14.1. The number of carbonyl (C=O) groups is 3. The number of thioether (sulfide) groups is 1. The highest BCUT2D eigenvalue weighted by Crippen LogP contribution is 2.52. The van der Waals surface area contributed by atoms with Gasteiger partial charge in [-0.2, -0.15) is 0 Å². The number of hydrogen-bond acceptors (Lipinski definition) is 5. The van der Waals surface area contributed by atoms with E-state index in [1.807, 2.05) is 37.3 Å². The number of benzene rings is 1. The van der Waals surface area contributed by atoms with Crippen molar-refractivity contribution in [3.63, 3.8) is 0 Å². The van der Waals surface area contributed by atoms with Crippen LogP contribution in [0.4, 0.5) is 0 Å². The Bertz CT molecular complexity index is 701. The Morgan fingerprint density at radius 1 is 1.36 bits per heavy atom. The molecule has 1 aromatic carbocycles. The molecule has 0 spiro atoms. The maximum Gasteiger partial charge on any atom is 0.330 e. The standard InChI is InChI=1S/C17H19IN2O4S/c1-17(9-18)13(16(23)24-2)20-14(22)12(15(20)25-17)19-11(21)8-10-6-4-3-5-7-10/h3-7,12-13,15H,8-9H2,1-2H3,(H,19,21)/t12?,13?,15-,17?/m1/s1. The first-order chi connectivity index (χ1) is 11.9. The van der Waals surface area contributed by atoms with Gasteiger partial charge in [0.1, 0.15) is 17.5 Å². The average Bonchev–Trinajstić information content (AvgIpc) is 2.90. The number of ether oxygens (including phenoxy) is 1. The summed E-state index contributed by atoms with van der Waals surface area (Å²) >= 11 is 3.78. The molecule has 1 N–H and O–H groups in total. The SMILES string of the molecule is COC(=O)C1N2C(=O)C(NC(=O)Cc3ccccc3)[C@H]2SC1(C)CI. The second kappa shape index (κ2) is 7.14. The Morgan fingerprint density at radius 2 is 2.04 bits per heavy atom. The number of β-lactam (4-membered cyclic amide) rings is 1. The maximum atomic E-state index is 12.6. The summed E-state index contributed by atoms with van der Waals surface area (Å²) in [4.78, 5) is 38.6. The van der Waals surface area contributed by atoms with E-state index < -0.39 is 22.8 Å². The third-order valence-electron chi connectivity index (χ3n) is 4.54. The van der Waals surface area contributed by atoms with Crippen molar-refractivity contribution in [1.29, 1.82) is 0 Å². The van der Waals surface area contributed by atoms with Crippen LogP contribution in [-0.4, -0.2) is 56.4 Å². The molecular formula is C17H19IN2O4S. The summed E-state index contributed by atoms with van der Waals surface area (Å²) in [7, 11) is 1.33. The predicted molar refractivity (Wildman–Crippen MR) is 103 cm³/mol. The zero-order valence-corrected chi connectivity index (χ0v) is 16.9. The summed E-state index contributed by atoms with van der Waals surface area (Å²) in [5.41, 5.74) is 0.896. The Balaban J connectivity index is 1.70. The Kier molecular flexibility index (Phi) is 5.29.